The lowest BCUT2D eigenvalue weighted by Crippen LogP contribution is -2.48. The van der Waals surface area contributed by atoms with Crippen molar-refractivity contribution in [1.82, 2.24) is 10.2 Å². The van der Waals surface area contributed by atoms with Crippen LogP contribution in [0.3, 0.4) is 0 Å². The van der Waals surface area contributed by atoms with Crippen molar-refractivity contribution in [2.45, 2.75) is 6.92 Å². The number of piperazine rings is 1. The number of carbonyl (C=O) groups is 2. The lowest BCUT2D eigenvalue weighted by atomic mass is 10.0. The summed E-state index contributed by atoms with van der Waals surface area (Å²) in [5.41, 5.74) is 2.37. The van der Waals surface area contributed by atoms with E-state index in [1.54, 1.807) is 25.1 Å². The van der Waals surface area contributed by atoms with Gasteiger partial charge in [-0.2, -0.15) is 0 Å². The first kappa shape index (κ1) is 22.0. The van der Waals surface area contributed by atoms with Gasteiger partial charge in [0.2, 0.25) is 5.91 Å². The van der Waals surface area contributed by atoms with Gasteiger partial charge in [-0.05, 0) is 54.0 Å². The molecule has 0 aromatic heterocycles. The smallest absolute Gasteiger partial charge is 0.258 e. The zero-order chi connectivity index (χ0) is 22.7. The number of hydrogen-bond donors (Lipinski definition) is 2. The molecule has 0 radical (unpaired) electrons. The largest absolute Gasteiger partial charge is 0.368 e. The first-order valence-electron chi connectivity index (χ1n) is 10.3. The van der Waals surface area contributed by atoms with Gasteiger partial charge in [-0.15, -0.1) is 0 Å². The van der Waals surface area contributed by atoms with Gasteiger partial charge in [-0.1, -0.05) is 35.9 Å². The maximum atomic E-state index is 12.8. The van der Waals surface area contributed by atoms with E-state index >= 15 is 0 Å². The predicted molar refractivity (Wildman–Crippen MR) is 134 cm³/mol. The van der Waals surface area contributed by atoms with Crippen molar-refractivity contribution in [2.24, 2.45) is 0 Å². The fourth-order valence-corrected chi connectivity index (χ4v) is 4.29. The van der Waals surface area contributed by atoms with Crippen LogP contribution in [0.4, 0.5) is 11.4 Å². The highest BCUT2D eigenvalue weighted by atomic mass is 35.5. The number of halogens is 1. The Bertz CT molecular complexity index is 1170. The van der Waals surface area contributed by atoms with Gasteiger partial charge in [0.25, 0.3) is 5.91 Å². The minimum Gasteiger partial charge on any atom is -0.368 e. The number of carbonyl (C=O) groups excluding carboxylic acids is 2. The van der Waals surface area contributed by atoms with Crippen molar-refractivity contribution in [1.29, 1.82) is 0 Å². The highest BCUT2D eigenvalue weighted by molar-refractivity contribution is 7.80. The number of hydrogen-bond acceptors (Lipinski definition) is 4. The van der Waals surface area contributed by atoms with Crippen molar-refractivity contribution < 1.29 is 9.59 Å². The molecule has 1 aliphatic rings. The summed E-state index contributed by atoms with van der Waals surface area (Å²) in [6, 6.07) is 18.8. The highest BCUT2D eigenvalue weighted by Gasteiger charge is 2.19. The SMILES string of the molecule is CC(=O)N1CCN(c2ccc(NC(=S)NC(=O)c3cccc4c(Cl)cccc34)cc2)CC1. The Kier molecular flexibility index (Phi) is 6.58. The van der Waals surface area contributed by atoms with Gasteiger partial charge in [0.1, 0.15) is 0 Å². The van der Waals surface area contributed by atoms with E-state index in [1.165, 1.54) is 0 Å². The van der Waals surface area contributed by atoms with Crippen LogP contribution in [0, 0.1) is 0 Å². The molecule has 0 bridgehead atoms. The summed E-state index contributed by atoms with van der Waals surface area (Å²) in [5, 5.41) is 8.21. The van der Waals surface area contributed by atoms with Crippen molar-refractivity contribution >= 4 is 62.9 Å². The van der Waals surface area contributed by atoms with E-state index < -0.39 is 0 Å². The van der Waals surface area contributed by atoms with Gasteiger partial charge in [-0.3, -0.25) is 14.9 Å². The van der Waals surface area contributed by atoms with E-state index in [1.807, 2.05) is 47.4 Å². The summed E-state index contributed by atoms with van der Waals surface area (Å²) in [6.07, 6.45) is 0. The number of benzene rings is 3. The monoisotopic (exact) mass is 466 g/mol. The Labute approximate surface area is 197 Å². The molecule has 0 aliphatic carbocycles. The van der Waals surface area contributed by atoms with E-state index in [0.29, 0.717) is 10.6 Å². The predicted octanol–water partition coefficient (Wildman–Crippen LogP) is 4.29. The Balaban J connectivity index is 1.37. The van der Waals surface area contributed by atoms with Crippen LogP contribution in [-0.2, 0) is 4.79 Å². The molecule has 2 N–H and O–H groups in total. The van der Waals surface area contributed by atoms with Crippen LogP contribution in [0.25, 0.3) is 10.8 Å². The van der Waals surface area contributed by atoms with Gasteiger partial charge < -0.3 is 15.1 Å². The van der Waals surface area contributed by atoms with Crippen molar-refractivity contribution in [2.75, 3.05) is 36.4 Å². The second kappa shape index (κ2) is 9.54. The lowest BCUT2D eigenvalue weighted by Gasteiger charge is -2.35. The molecule has 3 aromatic carbocycles. The Morgan fingerprint density at radius 3 is 2.25 bits per heavy atom. The molecule has 32 heavy (non-hydrogen) atoms. The molecule has 4 rings (SSSR count). The topological polar surface area (TPSA) is 64.7 Å². The molecule has 0 atom stereocenters. The summed E-state index contributed by atoms with van der Waals surface area (Å²) >= 11 is 11.6. The summed E-state index contributed by atoms with van der Waals surface area (Å²) in [4.78, 5) is 28.4. The Morgan fingerprint density at radius 1 is 0.906 bits per heavy atom. The van der Waals surface area contributed by atoms with E-state index in [0.717, 1.165) is 48.3 Å². The van der Waals surface area contributed by atoms with Crippen molar-refractivity contribution in [3.05, 3.63) is 71.2 Å². The van der Waals surface area contributed by atoms with E-state index in [4.69, 9.17) is 23.8 Å². The normalized spacial score (nSPS) is 13.7. The van der Waals surface area contributed by atoms with Gasteiger partial charge >= 0.3 is 0 Å². The van der Waals surface area contributed by atoms with Gasteiger partial charge in [0, 0.05) is 60.4 Å². The third-order valence-electron chi connectivity index (χ3n) is 5.56. The fraction of sp³-hybridized carbons (Fsp3) is 0.208. The molecule has 6 nitrogen and oxygen atoms in total. The lowest BCUT2D eigenvalue weighted by molar-refractivity contribution is -0.129. The van der Waals surface area contributed by atoms with Gasteiger partial charge in [0.05, 0.1) is 0 Å². The van der Waals surface area contributed by atoms with Crippen LogP contribution < -0.4 is 15.5 Å². The Hall–Kier alpha value is -3.16. The molecular formula is C24H23ClN4O2S. The molecule has 0 unspecified atom stereocenters. The summed E-state index contributed by atoms with van der Waals surface area (Å²) < 4.78 is 0. The molecular weight excluding hydrogens is 444 g/mol. The molecule has 1 saturated heterocycles. The molecule has 164 valence electrons. The first-order chi connectivity index (χ1) is 15.4. The second-order valence-electron chi connectivity index (χ2n) is 7.59. The van der Waals surface area contributed by atoms with Crippen molar-refractivity contribution in [3.63, 3.8) is 0 Å². The van der Waals surface area contributed by atoms with Crippen LogP contribution >= 0.6 is 23.8 Å². The summed E-state index contributed by atoms with van der Waals surface area (Å²) in [6.45, 7) is 4.66. The standard InChI is InChI=1S/C24H23ClN4O2S/c1-16(30)28-12-14-29(15-13-28)18-10-8-17(9-11-18)26-24(32)27-23(31)21-6-2-5-20-19(21)4-3-7-22(20)25/h2-11H,12-15H2,1H3,(H2,26,27,31,32). The fourth-order valence-electron chi connectivity index (χ4n) is 3.84. The minimum atomic E-state index is -0.296. The molecule has 2 amide bonds. The molecule has 0 saturated carbocycles. The van der Waals surface area contributed by atoms with Crippen LogP contribution in [-0.4, -0.2) is 48.0 Å². The molecule has 1 fully saturated rings. The van der Waals surface area contributed by atoms with E-state index in [9.17, 15) is 9.59 Å². The number of anilines is 2. The Morgan fingerprint density at radius 2 is 1.56 bits per heavy atom. The number of rotatable bonds is 3. The molecule has 3 aromatic rings. The van der Waals surface area contributed by atoms with E-state index in [-0.39, 0.29) is 16.9 Å². The molecule has 8 heteroatoms. The number of fused-ring (bicyclic) bond motifs is 1. The van der Waals surface area contributed by atoms with Gasteiger partial charge in [0.15, 0.2) is 5.11 Å². The first-order valence-corrected chi connectivity index (χ1v) is 11.1. The second-order valence-corrected chi connectivity index (χ2v) is 8.40. The van der Waals surface area contributed by atoms with Gasteiger partial charge in [-0.25, -0.2) is 0 Å². The molecule has 0 spiro atoms. The van der Waals surface area contributed by atoms with Crippen LogP contribution in [0.2, 0.25) is 5.02 Å². The number of amides is 2. The zero-order valence-corrected chi connectivity index (χ0v) is 19.2. The maximum absolute atomic E-state index is 12.8. The quantitative estimate of drug-likeness (QED) is 0.564. The third kappa shape index (κ3) is 4.84. The van der Waals surface area contributed by atoms with Crippen LogP contribution in [0.15, 0.2) is 60.7 Å². The zero-order valence-electron chi connectivity index (χ0n) is 17.6. The summed E-state index contributed by atoms with van der Waals surface area (Å²) in [5.74, 6) is -0.179. The minimum absolute atomic E-state index is 0.117. The third-order valence-corrected chi connectivity index (χ3v) is 6.09. The average molecular weight is 467 g/mol. The number of nitrogens with one attached hydrogen (secondary N) is 2. The van der Waals surface area contributed by atoms with E-state index in [2.05, 4.69) is 15.5 Å². The average Bonchev–Trinajstić information content (AvgIpc) is 2.79. The highest BCUT2D eigenvalue weighted by Crippen LogP contribution is 2.26. The number of thiocarbonyl (C=S) groups is 1. The van der Waals surface area contributed by atoms with Crippen molar-refractivity contribution in [3.8, 4) is 0 Å². The summed E-state index contributed by atoms with van der Waals surface area (Å²) in [7, 11) is 0. The van der Waals surface area contributed by atoms with Crippen LogP contribution in [0.1, 0.15) is 17.3 Å². The maximum Gasteiger partial charge on any atom is 0.258 e. The van der Waals surface area contributed by atoms with Crippen LogP contribution in [0.5, 0.6) is 0 Å². The number of nitrogens with zero attached hydrogens (tertiary/aromatic N) is 2. The molecule has 1 aliphatic heterocycles. The molecule has 1 heterocycles.